The molecule has 5 nitrogen and oxygen atoms in total. The second kappa shape index (κ2) is 7.11. The lowest BCUT2D eigenvalue weighted by Crippen LogP contribution is -2.54. The molecule has 2 unspecified atom stereocenters. The number of carbonyl (C=O) groups excluding carboxylic acids is 1. The number of hydrogen-bond donors (Lipinski definition) is 1. The molecule has 1 aliphatic heterocycles. The highest BCUT2D eigenvalue weighted by Gasteiger charge is 2.30. The highest BCUT2D eigenvalue weighted by atomic mass is 35.5. The van der Waals surface area contributed by atoms with Gasteiger partial charge >= 0.3 is 0 Å². The maximum Gasteiger partial charge on any atom is 0.263 e. The zero-order valence-corrected chi connectivity index (χ0v) is 13.0. The van der Waals surface area contributed by atoms with Gasteiger partial charge in [-0.3, -0.25) is 4.79 Å². The van der Waals surface area contributed by atoms with Crippen LogP contribution in [0, 0.1) is 6.92 Å². The van der Waals surface area contributed by atoms with Crippen LogP contribution >= 0.6 is 11.6 Å². The number of morpholine rings is 1. The smallest absolute Gasteiger partial charge is 0.263 e. The first-order valence-corrected chi connectivity index (χ1v) is 7.32. The summed E-state index contributed by atoms with van der Waals surface area (Å²) in [6, 6.07) is 4.97. The van der Waals surface area contributed by atoms with Crippen molar-refractivity contribution in [2.75, 3.05) is 26.4 Å². The van der Waals surface area contributed by atoms with Gasteiger partial charge in [-0.1, -0.05) is 11.6 Å². The van der Waals surface area contributed by atoms with Gasteiger partial charge in [0.25, 0.3) is 5.91 Å². The fourth-order valence-electron chi connectivity index (χ4n) is 2.32. The van der Waals surface area contributed by atoms with Gasteiger partial charge in [0.2, 0.25) is 0 Å². The van der Waals surface area contributed by atoms with Gasteiger partial charge in [-0.2, -0.15) is 0 Å². The van der Waals surface area contributed by atoms with E-state index in [9.17, 15) is 9.90 Å². The maximum absolute atomic E-state index is 12.5. The number of aliphatic hydroxyl groups is 1. The first-order chi connectivity index (χ1) is 10.0. The lowest BCUT2D eigenvalue weighted by Gasteiger charge is -2.36. The summed E-state index contributed by atoms with van der Waals surface area (Å²) >= 11 is 5.90. The zero-order chi connectivity index (χ0) is 15.4. The first-order valence-electron chi connectivity index (χ1n) is 6.95. The van der Waals surface area contributed by atoms with E-state index in [2.05, 4.69) is 0 Å². The van der Waals surface area contributed by atoms with E-state index >= 15 is 0 Å². The first kappa shape index (κ1) is 16.1. The molecule has 1 heterocycles. The van der Waals surface area contributed by atoms with Gasteiger partial charge in [-0.25, -0.2) is 0 Å². The highest BCUT2D eigenvalue weighted by Crippen LogP contribution is 2.23. The summed E-state index contributed by atoms with van der Waals surface area (Å²) in [4.78, 5) is 14.1. The third-order valence-corrected chi connectivity index (χ3v) is 3.74. The van der Waals surface area contributed by atoms with Crippen molar-refractivity contribution in [3.63, 3.8) is 0 Å². The number of aryl methyl sites for hydroxylation is 1. The molecule has 0 saturated carbocycles. The van der Waals surface area contributed by atoms with Crippen LogP contribution in [0.5, 0.6) is 5.75 Å². The van der Waals surface area contributed by atoms with Gasteiger partial charge in [0.1, 0.15) is 5.75 Å². The molecule has 1 fully saturated rings. The van der Waals surface area contributed by atoms with Crippen molar-refractivity contribution in [2.24, 2.45) is 0 Å². The van der Waals surface area contributed by atoms with E-state index in [1.165, 1.54) is 0 Å². The van der Waals surface area contributed by atoms with Crippen LogP contribution in [-0.4, -0.2) is 54.4 Å². The number of halogens is 1. The molecule has 0 spiro atoms. The van der Waals surface area contributed by atoms with Gasteiger partial charge in [-0.15, -0.1) is 0 Å². The Labute approximate surface area is 129 Å². The number of carbonyl (C=O) groups is 1. The molecule has 0 aromatic heterocycles. The molecule has 2 atom stereocenters. The quantitative estimate of drug-likeness (QED) is 0.918. The molecule has 1 saturated heterocycles. The van der Waals surface area contributed by atoms with Gasteiger partial charge in [0, 0.05) is 11.6 Å². The van der Waals surface area contributed by atoms with Gasteiger partial charge < -0.3 is 19.5 Å². The minimum atomic E-state index is -0.628. The van der Waals surface area contributed by atoms with E-state index in [1.54, 1.807) is 30.0 Å². The summed E-state index contributed by atoms with van der Waals surface area (Å²) in [6.07, 6.45) is -0.628. The lowest BCUT2D eigenvalue weighted by molar-refractivity contribution is -0.148. The highest BCUT2D eigenvalue weighted by molar-refractivity contribution is 6.30. The molecule has 1 aliphatic rings. The molecule has 2 rings (SSSR count). The number of nitrogens with zero attached hydrogens (tertiary/aromatic N) is 1. The van der Waals surface area contributed by atoms with Crippen molar-refractivity contribution in [3.8, 4) is 5.75 Å². The summed E-state index contributed by atoms with van der Waals surface area (Å²) in [6.45, 7) is 4.78. The molecule has 1 aromatic carbocycles. The largest absolute Gasteiger partial charge is 0.481 e. The van der Waals surface area contributed by atoms with Crippen LogP contribution < -0.4 is 4.74 Å². The van der Waals surface area contributed by atoms with Crippen LogP contribution in [0.15, 0.2) is 18.2 Å². The van der Waals surface area contributed by atoms with E-state index < -0.39 is 6.10 Å². The fraction of sp³-hybridized carbons (Fsp3) is 0.533. The molecule has 6 heteroatoms. The topological polar surface area (TPSA) is 59.0 Å². The summed E-state index contributed by atoms with van der Waals surface area (Å²) in [5.41, 5.74) is 0.878. The Kier molecular flexibility index (Phi) is 5.45. The van der Waals surface area contributed by atoms with Crippen LogP contribution in [-0.2, 0) is 9.53 Å². The van der Waals surface area contributed by atoms with E-state index in [0.29, 0.717) is 30.5 Å². The van der Waals surface area contributed by atoms with Crippen LogP contribution in [0.4, 0.5) is 0 Å². The summed E-state index contributed by atoms with van der Waals surface area (Å²) in [7, 11) is 0. The van der Waals surface area contributed by atoms with E-state index in [4.69, 9.17) is 21.1 Å². The Balaban J connectivity index is 2.04. The van der Waals surface area contributed by atoms with Crippen LogP contribution in [0.2, 0.25) is 5.02 Å². The van der Waals surface area contributed by atoms with E-state index in [0.717, 1.165) is 5.56 Å². The SMILES string of the molecule is Cc1cc(Cl)ccc1OC(C)C(=O)N1CCOCC1CO. The Morgan fingerprint density at radius 2 is 2.38 bits per heavy atom. The Bertz CT molecular complexity index is 508. The van der Waals surface area contributed by atoms with Gasteiger partial charge in [0.05, 0.1) is 25.9 Å². The van der Waals surface area contributed by atoms with Gasteiger partial charge in [-0.05, 0) is 37.6 Å². The molecule has 0 bridgehead atoms. The molecule has 116 valence electrons. The summed E-state index contributed by atoms with van der Waals surface area (Å²) in [5, 5.41) is 9.96. The predicted molar refractivity (Wildman–Crippen MR) is 79.7 cm³/mol. The minimum Gasteiger partial charge on any atom is -0.481 e. The number of amides is 1. The molecular formula is C15H20ClNO4. The number of rotatable bonds is 4. The van der Waals surface area contributed by atoms with Gasteiger partial charge in [0.15, 0.2) is 6.10 Å². The van der Waals surface area contributed by atoms with Crippen LogP contribution in [0.3, 0.4) is 0 Å². The average molecular weight is 314 g/mol. The number of aliphatic hydroxyl groups excluding tert-OH is 1. The van der Waals surface area contributed by atoms with Crippen molar-refractivity contribution < 1.29 is 19.4 Å². The zero-order valence-electron chi connectivity index (χ0n) is 12.2. The van der Waals surface area contributed by atoms with E-state index in [1.807, 2.05) is 6.92 Å². The van der Waals surface area contributed by atoms with Crippen molar-refractivity contribution in [1.29, 1.82) is 0 Å². The Morgan fingerprint density at radius 3 is 3.05 bits per heavy atom. The second-order valence-electron chi connectivity index (χ2n) is 5.11. The third-order valence-electron chi connectivity index (χ3n) is 3.51. The second-order valence-corrected chi connectivity index (χ2v) is 5.55. The minimum absolute atomic E-state index is 0.113. The standard InChI is InChI=1S/C15H20ClNO4/c1-10-7-12(16)3-4-14(10)21-11(2)15(19)17-5-6-20-9-13(17)8-18/h3-4,7,11,13,18H,5-6,8-9H2,1-2H3. The predicted octanol–water partition coefficient (Wildman–Crippen LogP) is 1.64. The molecule has 1 N–H and O–H groups in total. The number of benzene rings is 1. The summed E-state index contributed by atoms with van der Waals surface area (Å²) in [5.74, 6) is 0.487. The Morgan fingerprint density at radius 1 is 1.62 bits per heavy atom. The normalized spacial score (nSPS) is 20.2. The molecule has 1 amide bonds. The fourth-order valence-corrected chi connectivity index (χ4v) is 2.54. The van der Waals surface area contributed by atoms with Crippen molar-refractivity contribution in [3.05, 3.63) is 28.8 Å². The van der Waals surface area contributed by atoms with Crippen molar-refractivity contribution >= 4 is 17.5 Å². The van der Waals surface area contributed by atoms with Crippen molar-refractivity contribution in [2.45, 2.75) is 26.0 Å². The van der Waals surface area contributed by atoms with Crippen molar-refractivity contribution in [1.82, 2.24) is 4.90 Å². The monoisotopic (exact) mass is 313 g/mol. The molecule has 0 radical (unpaired) electrons. The van der Waals surface area contributed by atoms with Crippen LogP contribution in [0.25, 0.3) is 0 Å². The molecule has 1 aromatic rings. The number of hydrogen-bond acceptors (Lipinski definition) is 4. The Hall–Kier alpha value is -1.30. The third kappa shape index (κ3) is 3.87. The average Bonchev–Trinajstić information content (AvgIpc) is 2.49. The molecular weight excluding hydrogens is 294 g/mol. The van der Waals surface area contributed by atoms with E-state index in [-0.39, 0.29) is 18.6 Å². The molecule has 21 heavy (non-hydrogen) atoms. The number of ether oxygens (including phenoxy) is 2. The maximum atomic E-state index is 12.5. The summed E-state index contributed by atoms with van der Waals surface area (Å²) < 4.78 is 11.0. The lowest BCUT2D eigenvalue weighted by atomic mass is 10.2. The van der Waals surface area contributed by atoms with Crippen LogP contribution in [0.1, 0.15) is 12.5 Å². The molecule has 0 aliphatic carbocycles.